The zero-order valence-corrected chi connectivity index (χ0v) is 14.7. The highest BCUT2D eigenvalue weighted by molar-refractivity contribution is 5.76. The van der Waals surface area contributed by atoms with E-state index in [0.717, 1.165) is 5.56 Å². The van der Waals surface area contributed by atoms with Gasteiger partial charge in [-0.25, -0.2) is 9.37 Å². The molecule has 2 aromatic rings. The van der Waals surface area contributed by atoms with Crippen LogP contribution in [0, 0.1) is 18.2 Å². The summed E-state index contributed by atoms with van der Waals surface area (Å²) < 4.78 is 19.1. The van der Waals surface area contributed by atoms with E-state index in [4.69, 9.17) is 11.2 Å². The molecule has 0 saturated heterocycles. The highest BCUT2D eigenvalue weighted by atomic mass is 19.1. The van der Waals surface area contributed by atoms with Crippen molar-refractivity contribution in [1.82, 2.24) is 10.3 Å². The predicted molar refractivity (Wildman–Crippen MR) is 97.4 cm³/mol. The second kappa shape index (κ2) is 8.41. The maximum Gasteiger partial charge on any atom is 0.220 e. The molecule has 0 aliphatic carbocycles. The molecule has 1 amide bonds. The molecule has 0 unspecified atom stereocenters. The Balaban J connectivity index is 1.48. The van der Waals surface area contributed by atoms with Crippen LogP contribution in [0.3, 0.4) is 0 Å². The number of hydrogen-bond donors (Lipinski definition) is 1. The maximum atomic E-state index is 13.7. The molecule has 0 bridgehead atoms. The van der Waals surface area contributed by atoms with E-state index in [9.17, 15) is 9.18 Å². The summed E-state index contributed by atoms with van der Waals surface area (Å²) in [6, 6.07) is 9.52. The van der Waals surface area contributed by atoms with Crippen LogP contribution in [0.4, 0.5) is 4.39 Å². The molecule has 6 nitrogen and oxygen atoms in total. The summed E-state index contributed by atoms with van der Waals surface area (Å²) in [5, 5.41) is 10.9. The number of pyridine rings is 1. The van der Waals surface area contributed by atoms with Crippen LogP contribution < -0.4 is 10.1 Å². The summed E-state index contributed by atoms with van der Waals surface area (Å²) in [5.41, 5.74) is 0.341. The number of nitrogens with one attached hydrogen (secondary N) is 1. The van der Waals surface area contributed by atoms with Crippen LogP contribution >= 0.6 is 0 Å². The van der Waals surface area contributed by atoms with Crippen molar-refractivity contribution < 1.29 is 13.9 Å². The fraction of sp³-hybridized carbons (Fsp3) is 0.300. The van der Waals surface area contributed by atoms with Crippen LogP contribution in [0.2, 0.25) is 0 Å². The standard InChI is InChI=1S/C20H19FN4O2/c1-2-3-10-20(24-25-20)11-8-18(26)23-14-15-9-12-22-19(13-15)27-17-7-5-4-6-16(17)21/h1,4-7,9,12-13H,3,8,10-11,14H2,(H,23,26). The predicted octanol–water partition coefficient (Wildman–Crippen LogP) is 3.98. The average Bonchev–Trinajstić information content (AvgIpc) is 3.46. The molecule has 7 heteroatoms. The van der Waals surface area contributed by atoms with Gasteiger partial charge in [-0.05, 0) is 23.8 Å². The van der Waals surface area contributed by atoms with Gasteiger partial charge in [-0.3, -0.25) is 4.79 Å². The Morgan fingerprint density at radius 2 is 2.07 bits per heavy atom. The number of hydrogen-bond acceptors (Lipinski definition) is 5. The van der Waals surface area contributed by atoms with E-state index in [0.29, 0.717) is 32.2 Å². The van der Waals surface area contributed by atoms with Crippen molar-refractivity contribution in [2.24, 2.45) is 10.2 Å². The average molecular weight is 366 g/mol. The fourth-order valence-electron chi connectivity index (χ4n) is 2.53. The lowest BCUT2D eigenvalue weighted by atomic mass is 10.0. The van der Waals surface area contributed by atoms with E-state index < -0.39 is 11.5 Å². The molecule has 1 aliphatic rings. The normalized spacial score (nSPS) is 13.6. The van der Waals surface area contributed by atoms with Crippen molar-refractivity contribution in [2.45, 2.75) is 37.9 Å². The van der Waals surface area contributed by atoms with Gasteiger partial charge in [0.05, 0.1) is 0 Å². The molecule has 27 heavy (non-hydrogen) atoms. The van der Waals surface area contributed by atoms with E-state index in [1.165, 1.54) is 12.1 Å². The van der Waals surface area contributed by atoms with Gasteiger partial charge in [0, 0.05) is 44.5 Å². The number of para-hydroxylation sites is 1. The fourth-order valence-corrected chi connectivity index (χ4v) is 2.53. The van der Waals surface area contributed by atoms with Crippen LogP contribution in [0.5, 0.6) is 11.6 Å². The van der Waals surface area contributed by atoms with Gasteiger partial charge in [0.15, 0.2) is 17.2 Å². The highest BCUT2D eigenvalue weighted by Crippen LogP contribution is 2.37. The van der Waals surface area contributed by atoms with Gasteiger partial charge in [0.2, 0.25) is 11.8 Å². The molecule has 138 valence electrons. The first-order chi connectivity index (χ1) is 13.1. The van der Waals surface area contributed by atoms with E-state index >= 15 is 0 Å². The van der Waals surface area contributed by atoms with Crippen LogP contribution in [-0.4, -0.2) is 16.6 Å². The number of benzene rings is 1. The minimum absolute atomic E-state index is 0.0965. The number of rotatable bonds is 9. The Hall–Kier alpha value is -3.27. The zero-order valence-electron chi connectivity index (χ0n) is 14.7. The monoisotopic (exact) mass is 366 g/mol. The minimum Gasteiger partial charge on any atom is -0.436 e. The molecule has 0 atom stereocenters. The van der Waals surface area contributed by atoms with E-state index in [-0.39, 0.29) is 17.5 Å². The molecular formula is C20H19FN4O2. The van der Waals surface area contributed by atoms with E-state index in [1.807, 2.05) is 0 Å². The van der Waals surface area contributed by atoms with Crippen molar-refractivity contribution in [2.75, 3.05) is 0 Å². The zero-order chi connectivity index (χ0) is 19.1. The Morgan fingerprint density at radius 1 is 1.26 bits per heavy atom. The second-order valence-corrected chi connectivity index (χ2v) is 6.20. The summed E-state index contributed by atoms with van der Waals surface area (Å²) >= 11 is 0. The first-order valence-corrected chi connectivity index (χ1v) is 8.62. The number of aromatic nitrogens is 1. The molecule has 2 heterocycles. The highest BCUT2D eigenvalue weighted by Gasteiger charge is 2.39. The van der Waals surface area contributed by atoms with Crippen molar-refractivity contribution in [3.8, 4) is 24.0 Å². The van der Waals surface area contributed by atoms with Crippen molar-refractivity contribution in [3.05, 3.63) is 54.0 Å². The van der Waals surface area contributed by atoms with E-state index in [2.05, 4.69) is 26.4 Å². The SMILES string of the molecule is C#CCCC1(CCC(=O)NCc2ccnc(Oc3ccccc3F)c2)N=N1. The first kappa shape index (κ1) is 18.5. The lowest BCUT2D eigenvalue weighted by Crippen LogP contribution is -2.24. The molecular weight excluding hydrogens is 347 g/mol. The van der Waals surface area contributed by atoms with Gasteiger partial charge < -0.3 is 10.1 Å². The topological polar surface area (TPSA) is 75.9 Å². The largest absolute Gasteiger partial charge is 0.436 e. The minimum atomic E-state index is -0.465. The van der Waals surface area contributed by atoms with Crippen molar-refractivity contribution >= 4 is 5.91 Å². The molecule has 1 aromatic carbocycles. The third kappa shape index (κ3) is 5.35. The molecule has 1 aliphatic heterocycles. The van der Waals surface area contributed by atoms with E-state index in [1.54, 1.807) is 30.5 Å². The summed E-state index contributed by atoms with van der Waals surface area (Å²) in [4.78, 5) is 16.1. The Bertz CT molecular complexity index is 886. The molecule has 0 fully saturated rings. The number of nitrogens with zero attached hydrogens (tertiary/aromatic N) is 3. The van der Waals surface area contributed by atoms with Gasteiger partial charge in [-0.1, -0.05) is 12.1 Å². The quantitative estimate of drug-likeness (QED) is 0.682. The number of halogens is 1. The molecule has 1 aromatic heterocycles. The van der Waals surface area contributed by atoms with Crippen LogP contribution in [0.25, 0.3) is 0 Å². The van der Waals surface area contributed by atoms with Crippen LogP contribution in [-0.2, 0) is 11.3 Å². The first-order valence-electron chi connectivity index (χ1n) is 8.62. The van der Waals surface area contributed by atoms with Crippen molar-refractivity contribution in [1.29, 1.82) is 0 Å². The van der Waals surface area contributed by atoms with Crippen LogP contribution in [0.15, 0.2) is 52.8 Å². The number of terminal acetylenes is 1. The van der Waals surface area contributed by atoms with Gasteiger partial charge >= 0.3 is 0 Å². The lowest BCUT2D eigenvalue weighted by Gasteiger charge is -2.10. The Labute approximate surface area is 156 Å². The van der Waals surface area contributed by atoms with Crippen LogP contribution in [0.1, 0.15) is 31.2 Å². The third-order valence-electron chi connectivity index (χ3n) is 4.15. The van der Waals surface area contributed by atoms with Gasteiger partial charge in [-0.2, -0.15) is 10.2 Å². The molecule has 0 spiro atoms. The maximum absolute atomic E-state index is 13.7. The van der Waals surface area contributed by atoms with Gasteiger partial charge in [-0.15, -0.1) is 12.3 Å². The van der Waals surface area contributed by atoms with Gasteiger partial charge in [0.25, 0.3) is 0 Å². The smallest absolute Gasteiger partial charge is 0.220 e. The summed E-state index contributed by atoms with van der Waals surface area (Å²) in [5.74, 6) is 2.36. The molecule has 0 radical (unpaired) electrons. The summed E-state index contributed by atoms with van der Waals surface area (Å²) in [6.45, 7) is 0.320. The Morgan fingerprint density at radius 3 is 2.81 bits per heavy atom. The summed E-state index contributed by atoms with van der Waals surface area (Å²) in [6.07, 6.45) is 8.95. The number of carbonyl (C=O) groups is 1. The summed E-state index contributed by atoms with van der Waals surface area (Å²) in [7, 11) is 0. The van der Waals surface area contributed by atoms with Gasteiger partial charge in [0.1, 0.15) is 0 Å². The van der Waals surface area contributed by atoms with Crippen molar-refractivity contribution in [3.63, 3.8) is 0 Å². The second-order valence-electron chi connectivity index (χ2n) is 6.20. The number of amides is 1. The third-order valence-corrected chi connectivity index (χ3v) is 4.15. The molecule has 3 rings (SSSR count). The number of carbonyl (C=O) groups excluding carboxylic acids is 1. The Kier molecular flexibility index (Phi) is 5.77. The lowest BCUT2D eigenvalue weighted by molar-refractivity contribution is -0.121. The molecule has 1 N–H and O–H groups in total. The number of ether oxygens (including phenoxy) is 1. The molecule has 0 saturated carbocycles.